The largest absolute Gasteiger partial charge is 0.374 e. The molecule has 1 aromatic carbocycles. The molecular weight excluding hydrogens is 238 g/mol. The summed E-state index contributed by atoms with van der Waals surface area (Å²) in [4.78, 5) is 2.13. The summed E-state index contributed by atoms with van der Waals surface area (Å²) in [5.74, 6) is 0. The molecule has 0 atom stereocenters. The topological polar surface area (TPSA) is 52.7 Å². The Hall–Kier alpha value is -1.27. The third-order valence-electron chi connectivity index (χ3n) is 2.94. The number of hydrogen-bond acceptors (Lipinski definition) is 3. The van der Waals surface area contributed by atoms with Gasteiger partial charge in [-0.1, -0.05) is 6.07 Å². The first kappa shape index (κ1) is 12.2. The molecule has 0 bridgehead atoms. The van der Waals surface area contributed by atoms with Crippen LogP contribution in [0.15, 0.2) is 18.2 Å². The molecule has 17 heavy (non-hydrogen) atoms. The standard InChI is InChI=1S/C11H17N3O2S/c1-13(2)17(15,16)12-10-5-4-9-6-7-14(3)11(9)8-10/h4-5,8,12H,6-7H2,1-3H3. The zero-order valence-corrected chi connectivity index (χ0v) is 11.1. The monoisotopic (exact) mass is 255 g/mol. The summed E-state index contributed by atoms with van der Waals surface area (Å²) in [6.07, 6.45) is 1.02. The Morgan fingerprint density at radius 1 is 1.35 bits per heavy atom. The van der Waals surface area contributed by atoms with Crippen molar-refractivity contribution in [3.8, 4) is 0 Å². The van der Waals surface area contributed by atoms with E-state index < -0.39 is 10.2 Å². The molecule has 0 radical (unpaired) electrons. The molecule has 1 N–H and O–H groups in total. The van der Waals surface area contributed by atoms with Crippen molar-refractivity contribution in [2.75, 3.05) is 37.3 Å². The molecule has 0 aromatic heterocycles. The van der Waals surface area contributed by atoms with Crippen molar-refractivity contribution in [3.63, 3.8) is 0 Å². The molecule has 0 unspecified atom stereocenters. The SMILES string of the molecule is CN1CCc2ccc(NS(=O)(=O)N(C)C)cc21. The molecule has 0 saturated heterocycles. The fraction of sp³-hybridized carbons (Fsp3) is 0.455. The van der Waals surface area contributed by atoms with Gasteiger partial charge in [-0.25, -0.2) is 0 Å². The Morgan fingerprint density at radius 2 is 2.06 bits per heavy atom. The molecule has 2 rings (SSSR count). The molecule has 1 aromatic rings. The summed E-state index contributed by atoms with van der Waals surface area (Å²) in [5, 5.41) is 0. The maximum Gasteiger partial charge on any atom is 0.301 e. The average molecular weight is 255 g/mol. The Bertz CT molecular complexity index is 526. The molecule has 0 aliphatic carbocycles. The molecule has 1 aliphatic rings. The highest BCUT2D eigenvalue weighted by Crippen LogP contribution is 2.29. The van der Waals surface area contributed by atoms with Gasteiger partial charge in [-0.2, -0.15) is 12.7 Å². The van der Waals surface area contributed by atoms with Gasteiger partial charge in [-0.05, 0) is 24.1 Å². The van der Waals surface area contributed by atoms with Crippen molar-refractivity contribution < 1.29 is 8.42 Å². The van der Waals surface area contributed by atoms with Crippen molar-refractivity contribution in [2.45, 2.75) is 6.42 Å². The van der Waals surface area contributed by atoms with Crippen LogP contribution in [-0.4, -0.2) is 40.4 Å². The third kappa shape index (κ3) is 2.37. The summed E-state index contributed by atoms with van der Waals surface area (Å²) in [6, 6.07) is 5.66. The first-order valence-electron chi connectivity index (χ1n) is 5.44. The van der Waals surface area contributed by atoms with E-state index in [0.717, 1.165) is 23.0 Å². The van der Waals surface area contributed by atoms with Crippen LogP contribution in [0.4, 0.5) is 11.4 Å². The number of benzene rings is 1. The molecule has 0 spiro atoms. The molecule has 0 amide bonds. The number of hydrogen-bond donors (Lipinski definition) is 1. The molecule has 1 heterocycles. The van der Waals surface area contributed by atoms with Crippen molar-refractivity contribution in [3.05, 3.63) is 23.8 Å². The van der Waals surface area contributed by atoms with Gasteiger partial charge < -0.3 is 4.90 Å². The summed E-state index contributed by atoms with van der Waals surface area (Å²) in [7, 11) is 1.59. The fourth-order valence-corrected chi connectivity index (χ4v) is 2.45. The second-order valence-corrected chi connectivity index (χ2v) is 6.29. The van der Waals surface area contributed by atoms with Crippen LogP contribution in [0.2, 0.25) is 0 Å². The molecular formula is C11H17N3O2S. The molecule has 94 valence electrons. The maximum absolute atomic E-state index is 11.7. The average Bonchev–Trinajstić information content (AvgIpc) is 2.60. The van der Waals surface area contributed by atoms with Crippen LogP contribution in [0, 0.1) is 0 Å². The predicted octanol–water partition coefficient (Wildman–Crippen LogP) is 0.897. The minimum absolute atomic E-state index is 0.603. The van der Waals surface area contributed by atoms with E-state index in [4.69, 9.17) is 0 Å². The van der Waals surface area contributed by atoms with Gasteiger partial charge >= 0.3 is 10.2 Å². The first-order valence-corrected chi connectivity index (χ1v) is 6.88. The van der Waals surface area contributed by atoms with E-state index in [1.165, 1.54) is 19.7 Å². The number of nitrogens with zero attached hydrogens (tertiary/aromatic N) is 2. The number of likely N-dealkylation sites (N-methyl/N-ethyl adjacent to an activating group) is 1. The van der Waals surface area contributed by atoms with E-state index >= 15 is 0 Å². The second-order valence-electron chi connectivity index (χ2n) is 4.40. The lowest BCUT2D eigenvalue weighted by molar-refractivity contribution is 0.527. The fourth-order valence-electron chi connectivity index (χ4n) is 1.84. The summed E-state index contributed by atoms with van der Waals surface area (Å²) in [6.45, 7) is 0.985. The molecule has 6 heteroatoms. The third-order valence-corrected chi connectivity index (χ3v) is 4.40. The quantitative estimate of drug-likeness (QED) is 0.873. The zero-order chi connectivity index (χ0) is 12.6. The summed E-state index contributed by atoms with van der Waals surface area (Å²) in [5.41, 5.74) is 2.97. The van der Waals surface area contributed by atoms with Crippen LogP contribution in [0.1, 0.15) is 5.56 Å². The van der Waals surface area contributed by atoms with Gasteiger partial charge in [0.1, 0.15) is 0 Å². The van der Waals surface area contributed by atoms with Crippen molar-refractivity contribution in [1.82, 2.24) is 4.31 Å². The minimum atomic E-state index is -3.42. The zero-order valence-electron chi connectivity index (χ0n) is 10.3. The molecule has 5 nitrogen and oxygen atoms in total. The number of nitrogens with one attached hydrogen (secondary N) is 1. The highest BCUT2D eigenvalue weighted by Gasteiger charge is 2.18. The molecule has 1 aliphatic heterocycles. The van der Waals surface area contributed by atoms with E-state index in [0.29, 0.717) is 5.69 Å². The van der Waals surface area contributed by atoms with Gasteiger partial charge in [-0.3, -0.25) is 4.72 Å². The maximum atomic E-state index is 11.7. The van der Waals surface area contributed by atoms with Crippen LogP contribution in [-0.2, 0) is 16.6 Å². The van der Waals surface area contributed by atoms with E-state index in [1.54, 1.807) is 6.07 Å². The van der Waals surface area contributed by atoms with Gasteiger partial charge in [0.25, 0.3) is 0 Å². The van der Waals surface area contributed by atoms with Crippen LogP contribution >= 0.6 is 0 Å². The van der Waals surface area contributed by atoms with Gasteiger partial charge in [0.05, 0.1) is 5.69 Å². The first-order chi connectivity index (χ1) is 7.90. The lowest BCUT2D eigenvalue weighted by Gasteiger charge is -2.16. The van der Waals surface area contributed by atoms with Crippen molar-refractivity contribution >= 4 is 21.6 Å². The number of anilines is 2. The second kappa shape index (κ2) is 4.19. The highest BCUT2D eigenvalue weighted by atomic mass is 32.2. The van der Waals surface area contributed by atoms with Gasteiger partial charge in [0.15, 0.2) is 0 Å². The Kier molecular flexibility index (Phi) is 3.01. The molecule has 0 saturated carbocycles. The van der Waals surface area contributed by atoms with E-state index in [9.17, 15) is 8.42 Å². The predicted molar refractivity (Wildman–Crippen MR) is 69.6 cm³/mol. The molecule has 0 fully saturated rings. The lowest BCUT2D eigenvalue weighted by Crippen LogP contribution is -2.28. The van der Waals surface area contributed by atoms with Gasteiger partial charge in [-0.15, -0.1) is 0 Å². The number of rotatable bonds is 3. The van der Waals surface area contributed by atoms with Gasteiger partial charge in [0, 0.05) is 33.4 Å². The normalized spacial score (nSPS) is 15.2. The van der Waals surface area contributed by atoms with Gasteiger partial charge in [0.2, 0.25) is 0 Å². The minimum Gasteiger partial charge on any atom is -0.374 e. The lowest BCUT2D eigenvalue weighted by atomic mass is 10.1. The summed E-state index contributed by atoms with van der Waals surface area (Å²) < 4.78 is 27.1. The van der Waals surface area contributed by atoms with Crippen LogP contribution in [0.25, 0.3) is 0 Å². The smallest absolute Gasteiger partial charge is 0.301 e. The van der Waals surface area contributed by atoms with E-state index in [1.807, 2.05) is 19.2 Å². The van der Waals surface area contributed by atoms with Crippen LogP contribution in [0.5, 0.6) is 0 Å². The van der Waals surface area contributed by atoms with Crippen LogP contribution < -0.4 is 9.62 Å². The number of fused-ring (bicyclic) bond motifs is 1. The Balaban J connectivity index is 2.28. The highest BCUT2D eigenvalue weighted by molar-refractivity contribution is 7.90. The Labute approximate surface area is 102 Å². The summed E-state index contributed by atoms with van der Waals surface area (Å²) >= 11 is 0. The van der Waals surface area contributed by atoms with Crippen molar-refractivity contribution in [2.24, 2.45) is 0 Å². The van der Waals surface area contributed by atoms with Crippen molar-refractivity contribution in [1.29, 1.82) is 0 Å². The van der Waals surface area contributed by atoms with E-state index in [2.05, 4.69) is 9.62 Å². The van der Waals surface area contributed by atoms with E-state index in [-0.39, 0.29) is 0 Å². The van der Waals surface area contributed by atoms with Crippen LogP contribution in [0.3, 0.4) is 0 Å². The Morgan fingerprint density at radius 3 is 2.71 bits per heavy atom.